The van der Waals surface area contributed by atoms with Crippen LogP contribution in [0, 0.1) is 6.92 Å². The molecule has 1 amide bonds. The average Bonchev–Trinajstić information content (AvgIpc) is 3.22. The van der Waals surface area contributed by atoms with Crippen molar-refractivity contribution in [1.82, 2.24) is 19.7 Å². The van der Waals surface area contributed by atoms with Crippen molar-refractivity contribution < 1.29 is 9.53 Å². The van der Waals surface area contributed by atoms with Gasteiger partial charge < -0.3 is 10.1 Å². The number of benzene rings is 2. The van der Waals surface area contributed by atoms with Crippen LogP contribution in [-0.2, 0) is 13.2 Å². The summed E-state index contributed by atoms with van der Waals surface area (Å²) in [5.41, 5.74) is 8.74. The number of carbonyl (C=O) groups is 1. The summed E-state index contributed by atoms with van der Waals surface area (Å²) in [5, 5.41) is 3.04. The van der Waals surface area contributed by atoms with E-state index in [4.69, 9.17) is 4.74 Å². The number of hydrogen-bond donors (Lipinski definition) is 1. The van der Waals surface area contributed by atoms with Crippen LogP contribution < -0.4 is 10.1 Å². The number of amides is 1. The molecule has 0 aliphatic carbocycles. The molecule has 34 heavy (non-hydrogen) atoms. The van der Waals surface area contributed by atoms with Crippen LogP contribution in [0.1, 0.15) is 27.2 Å². The van der Waals surface area contributed by atoms with E-state index < -0.39 is 0 Å². The Kier molecular flexibility index (Phi) is 4.84. The Morgan fingerprint density at radius 3 is 2.94 bits per heavy atom. The van der Waals surface area contributed by atoms with E-state index in [-0.39, 0.29) is 5.91 Å². The molecule has 0 unspecified atom stereocenters. The van der Waals surface area contributed by atoms with E-state index in [1.54, 1.807) is 6.20 Å². The Labute approximate surface area is 196 Å². The van der Waals surface area contributed by atoms with Crippen molar-refractivity contribution in [3.63, 3.8) is 0 Å². The highest BCUT2D eigenvalue weighted by atomic mass is 16.5. The van der Waals surface area contributed by atoms with Gasteiger partial charge in [0, 0.05) is 47.4 Å². The van der Waals surface area contributed by atoms with Crippen molar-refractivity contribution in [2.75, 3.05) is 0 Å². The third-order valence-corrected chi connectivity index (χ3v) is 6.18. The van der Waals surface area contributed by atoms with Crippen molar-refractivity contribution in [1.29, 1.82) is 0 Å². The zero-order valence-corrected chi connectivity index (χ0v) is 18.7. The topological polar surface area (TPSA) is 68.5 Å². The van der Waals surface area contributed by atoms with Gasteiger partial charge in [0.25, 0.3) is 5.91 Å². The smallest absolute Gasteiger partial charge is 0.251 e. The third-order valence-electron chi connectivity index (χ3n) is 6.18. The molecule has 5 aromatic rings. The number of aromatic nitrogens is 3. The molecule has 0 bridgehead atoms. The van der Waals surface area contributed by atoms with Gasteiger partial charge in [0.05, 0.1) is 11.4 Å². The molecule has 1 N–H and O–H groups in total. The summed E-state index contributed by atoms with van der Waals surface area (Å²) in [6.45, 7) is 2.90. The zero-order valence-electron chi connectivity index (χ0n) is 18.7. The van der Waals surface area contributed by atoms with Gasteiger partial charge >= 0.3 is 0 Å². The summed E-state index contributed by atoms with van der Waals surface area (Å²) in [4.78, 5) is 21.7. The largest absolute Gasteiger partial charge is 0.488 e. The molecule has 0 saturated carbocycles. The number of fused-ring (bicyclic) bond motifs is 4. The number of nitrogens with zero attached hydrogens (tertiary/aromatic N) is 3. The summed E-state index contributed by atoms with van der Waals surface area (Å²) >= 11 is 0. The molecule has 1 aliphatic heterocycles. The minimum absolute atomic E-state index is 0.136. The van der Waals surface area contributed by atoms with Crippen molar-refractivity contribution >= 4 is 11.6 Å². The average molecular weight is 447 g/mol. The van der Waals surface area contributed by atoms with E-state index in [1.165, 1.54) is 0 Å². The molecule has 6 heteroatoms. The first-order valence-corrected chi connectivity index (χ1v) is 11.2. The van der Waals surface area contributed by atoms with E-state index >= 15 is 0 Å². The van der Waals surface area contributed by atoms with Crippen molar-refractivity contribution in [2.45, 2.75) is 20.1 Å². The Balaban J connectivity index is 1.22. The highest BCUT2D eigenvalue weighted by Gasteiger charge is 2.19. The first kappa shape index (κ1) is 20.2. The van der Waals surface area contributed by atoms with Gasteiger partial charge in [-0.15, -0.1) is 0 Å². The van der Waals surface area contributed by atoms with Crippen LogP contribution in [0.4, 0.5) is 0 Å². The minimum atomic E-state index is -0.136. The normalized spacial score (nSPS) is 12.0. The number of hydrogen-bond acceptors (Lipinski definition) is 4. The van der Waals surface area contributed by atoms with Crippen molar-refractivity contribution in [3.05, 3.63) is 108 Å². The lowest BCUT2D eigenvalue weighted by molar-refractivity contribution is 0.0950. The molecule has 0 spiro atoms. The zero-order chi connectivity index (χ0) is 23.1. The summed E-state index contributed by atoms with van der Waals surface area (Å²) in [6, 6.07) is 21.8. The Hall–Kier alpha value is -4.45. The van der Waals surface area contributed by atoms with E-state index in [0.717, 1.165) is 50.6 Å². The van der Waals surface area contributed by atoms with Crippen molar-refractivity contribution in [3.8, 4) is 28.1 Å². The van der Waals surface area contributed by atoms with E-state index in [1.807, 2.05) is 73.9 Å². The number of pyridine rings is 2. The molecule has 3 aromatic heterocycles. The Bertz CT molecular complexity index is 1550. The number of carbonyl (C=O) groups excluding carboxylic acids is 1. The predicted octanol–water partition coefficient (Wildman–Crippen LogP) is 5.19. The lowest BCUT2D eigenvalue weighted by Gasteiger charge is -2.20. The number of ether oxygens (including phenoxy) is 1. The number of rotatable bonds is 4. The number of imidazole rings is 1. The number of aryl methyl sites for hydroxylation is 1. The lowest BCUT2D eigenvalue weighted by atomic mass is 9.97. The summed E-state index contributed by atoms with van der Waals surface area (Å²) in [6.07, 6.45) is 5.62. The molecular weight excluding hydrogens is 424 g/mol. The molecule has 166 valence electrons. The highest BCUT2D eigenvalue weighted by Crippen LogP contribution is 2.37. The first-order valence-electron chi connectivity index (χ1n) is 11.2. The molecule has 2 aromatic carbocycles. The minimum Gasteiger partial charge on any atom is -0.488 e. The van der Waals surface area contributed by atoms with E-state index in [9.17, 15) is 4.79 Å². The highest BCUT2D eigenvalue weighted by molar-refractivity contribution is 5.95. The van der Waals surface area contributed by atoms with Crippen molar-refractivity contribution in [2.24, 2.45) is 0 Å². The van der Waals surface area contributed by atoms with Gasteiger partial charge in [-0.2, -0.15) is 0 Å². The van der Waals surface area contributed by atoms with Crippen LogP contribution in [0.15, 0.2) is 85.3 Å². The Morgan fingerprint density at radius 2 is 2.00 bits per heavy atom. The van der Waals surface area contributed by atoms with Gasteiger partial charge in [-0.1, -0.05) is 24.3 Å². The number of nitrogens with one attached hydrogen (secondary N) is 1. The van der Waals surface area contributed by atoms with Crippen LogP contribution in [-0.4, -0.2) is 20.3 Å². The van der Waals surface area contributed by atoms with Gasteiger partial charge in [-0.3, -0.25) is 14.2 Å². The second-order valence-corrected chi connectivity index (χ2v) is 8.39. The molecule has 6 nitrogen and oxygen atoms in total. The van der Waals surface area contributed by atoms with Crippen LogP contribution in [0.5, 0.6) is 5.75 Å². The van der Waals surface area contributed by atoms with Gasteiger partial charge in [0.1, 0.15) is 18.0 Å². The summed E-state index contributed by atoms with van der Waals surface area (Å²) in [7, 11) is 0. The van der Waals surface area contributed by atoms with Gasteiger partial charge in [-0.05, 0) is 60.5 Å². The third kappa shape index (κ3) is 3.49. The molecule has 0 saturated heterocycles. The fraction of sp³-hybridized carbons (Fsp3) is 0.107. The van der Waals surface area contributed by atoms with Gasteiger partial charge in [0.15, 0.2) is 0 Å². The molecule has 0 fully saturated rings. The molecular formula is C28H22N4O2. The standard InChI is InChI=1S/C28H22N4O2/c1-18-27(32-12-3-2-7-26(32)31-18)20-6-4-5-19(13-20)15-30-28(33)21-8-9-24-23-10-11-29-16-22(23)17-34-25(24)14-21/h2-14,16H,15,17H2,1H3,(H,30,33). The SMILES string of the molecule is Cc1nc2ccccn2c1-c1cccc(CNC(=O)c2ccc3c(c2)OCc2cnccc2-3)c1. The molecule has 0 atom stereocenters. The second kappa shape index (κ2) is 8.15. The second-order valence-electron chi connectivity index (χ2n) is 8.39. The monoisotopic (exact) mass is 446 g/mol. The van der Waals surface area contributed by atoms with E-state index in [2.05, 4.69) is 31.8 Å². The molecule has 1 aliphatic rings. The quantitative estimate of drug-likeness (QED) is 0.412. The fourth-order valence-electron chi connectivity index (χ4n) is 4.54. The van der Waals surface area contributed by atoms with Crippen LogP contribution in [0.3, 0.4) is 0 Å². The maximum atomic E-state index is 12.9. The summed E-state index contributed by atoms with van der Waals surface area (Å²) in [5.74, 6) is 0.583. The van der Waals surface area contributed by atoms with Crippen LogP contribution in [0.25, 0.3) is 28.0 Å². The Morgan fingerprint density at radius 1 is 1.06 bits per heavy atom. The molecule has 0 radical (unpaired) electrons. The lowest BCUT2D eigenvalue weighted by Crippen LogP contribution is -2.23. The van der Waals surface area contributed by atoms with Gasteiger partial charge in [0.2, 0.25) is 0 Å². The predicted molar refractivity (Wildman–Crippen MR) is 131 cm³/mol. The molecule has 6 rings (SSSR count). The van der Waals surface area contributed by atoms with Crippen LogP contribution in [0.2, 0.25) is 0 Å². The fourth-order valence-corrected chi connectivity index (χ4v) is 4.54. The maximum absolute atomic E-state index is 12.9. The van der Waals surface area contributed by atoms with E-state index in [0.29, 0.717) is 18.7 Å². The first-order chi connectivity index (χ1) is 16.7. The maximum Gasteiger partial charge on any atom is 0.251 e. The van der Waals surface area contributed by atoms with Crippen LogP contribution >= 0.6 is 0 Å². The van der Waals surface area contributed by atoms with Gasteiger partial charge in [-0.25, -0.2) is 4.98 Å². The summed E-state index contributed by atoms with van der Waals surface area (Å²) < 4.78 is 7.97. The molecule has 4 heterocycles.